The Morgan fingerprint density at radius 2 is 1.72 bits per heavy atom. The van der Waals surface area contributed by atoms with Crippen molar-refractivity contribution in [1.82, 2.24) is 0 Å². The first-order chi connectivity index (χ1) is 11.9. The van der Waals surface area contributed by atoms with Gasteiger partial charge >= 0.3 is 0 Å². The predicted molar refractivity (Wildman–Crippen MR) is 103 cm³/mol. The largest absolute Gasteiger partial charge is 0.505 e. The van der Waals surface area contributed by atoms with Crippen LogP contribution in [0.1, 0.15) is 67.8 Å². The second-order valence-corrected chi connectivity index (χ2v) is 7.26. The number of ketones is 1. The average molecular weight is 335 g/mol. The molecule has 0 spiro atoms. The van der Waals surface area contributed by atoms with Gasteiger partial charge in [-0.15, -0.1) is 0 Å². The normalized spacial score (nSPS) is 16.4. The van der Waals surface area contributed by atoms with Crippen molar-refractivity contribution in [3.05, 3.63) is 64.7 Å². The molecule has 3 nitrogen and oxygen atoms in total. The van der Waals surface area contributed by atoms with Crippen LogP contribution in [0.4, 0.5) is 5.69 Å². The molecule has 2 N–H and O–H groups in total. The summed E-state index contributed by atoms with van der Waals surface area (Å²) in [6, 6.07) is 11.4. The molecule has 25 heavy (non-hydrogen) atoms. The molecule has 0 radical (unpaired) electrons. The number of fused-ring (bicyclic) bond motifs is 1. The fourth-order valence-corrected chi connectivity index (χ4v) is 3.21. The van der Waals surface area contributed by atoms with Crippen LogP contribution in [-0.2, 0) is 4.79 Å². The van der Waals surface area contributed by atoms with E-state index in [1.54, 1.807) is 6.08 Å². The van der Waals surface area contributed by atoms with Gasteiger partial charge in [-0.25, -0.2) is 0 Å². The highest BCUT2D eigenvalue weighted by atomic mass is 16.3. The first kappa shape index (κ1) is 17.3. The summed E-state index contributed by atoms with van der Waals surface area (Å²) in [6.45, 7) is 8.38. The van der Waals surface area contributed by atoms with Crippen LogP contribution in [0.2, 0.25) is 0 Å². The van der Waals surface area contributed by atoms with Crippen LogP contribution < -0.4 is 5.32 Å². The number of carbonyl (C=O) groups excluding carboxylic acids is 1. The van der Waals surface area contributed by atoms with Crippen LogP contribution in [0, 0.1) is 0 Å². The number of hydrogen-bond donors (Lipinski definition) is 2. The number of benzene rings is 2. The minimum absolute atomic E-state index is 0.000790. The van der Waals surface area contributed by atoms with E-state index in [9.17, 15) is 9.90 Å². The number of rotatable bonds is 4. The molecule has 0 amide bonds. The second-order valence-electron chi connectivity index (χ2n) is 7.26. The lowest BCUT2D eigenvalue weighted by atomic mass is 9.90. The lowest BCUT2D eigenvalue weighted by Crippen LogP contribution is -2.23. The summed E-state index contributed by atoms with van der Waals surface area (Å²) in [7, 11) is 0. The molecule has 0 aromatic heterocycles. The number of carbonyl (C=O) groups is 1. The fraction of sp³-hybridized carbons (Fsp3) is 0.318. The summed E-state index contributed by atoms with van der Waals surface area (Å²) in [6.07, 6.45) is 3.45. The Morgan fingerprint density at radius 1 is 1.00 bits per heavy atom. The maximum absolute atomic E-state index is 12.5. The van der Waals surface area contributed by atoms with Crippen LogP contribution in [0.25, 0.3) is 6.08 Å². The van der Waals surface area contributed by atoms with Crippen molar-refractivity contribution in [1.29, 1.82) is 0 Å². The zero-order chi connectivity index (χ0) is 18.1. The summed E-state index contributed by atoms with van der Waals surface area (Å²) in [5, 5.41) is 14.0. The summed E-state index contributed by atoms with van der Waals surface area (Å²) in [5.74, 6) is 0.778. The molecule has 1 atom stereocenters. The second kappa shape index (κ2) is 6.75. The van der Waals surface area contributed by atoms with Crippen LogP contribution in [0.5, 0.6) is 5.75 Å². The lowest BCUT2D eigenvalue weighted by molar-refractivity contribution is -0.115. The molecule has 0 bridgehead atoms. The van der Waals surface area contributed by atoms with Crippen molar-refractivity contribution < 1.29 is 9.90 Å². The summed E-state index contributed by atoms with van der Waals surface area (Å²) < 4.78 is 0. The van der Waals surface area contributed by atoms with Gasteiger partial charge in [-0.05, 0) is 46.2 Å². The van der Waals surface area contributed by atoms with Crippen LogP contribution in [0.3, 0.4) is 0 Å². The van der Waals surface area contributed by atoms with E-state index in [0.717, 1.165) is 22.3 Å². The van der Waals surface area contributed by atoms with E-state index in [1.165, 1.54) is 0 Å². The number of aromatic hydroxyl groups is 1. The van der Waals surface area contributed by atoms with E-state index in [0.29, 0.717) is 11.6 Å². The van der Waals surface area contributed by atoms with Gasteiger partial charge in [0.25, 0.3) is 0 Å². The van der Waals surface area contributed by atoms with Crippen molar-refractivity contribution in [2.45, 2.75) is 45.6 Å². The Hall–Kier alpha value is -2.55. The summed E-state index contributed by atoms with van der Waals surface area (Å²) in [5.41, 5.74) is 4.65. The standard InChI is InChI=1S/C22H25NO2/c1-13(2)16-11-18(14(3)4)22(25)19(12-16)23-21-17-8-6-5-7-15(17)9-10-20(21)24/h5-14,21,23,25H,1-4H3. The third kappa shape index (κ3) is 3.32. The number of phenolic OH excluding ortho intramolecular Hbond substituents is 1. The molecule has 2 aromatic carbocycles. The molecule has 2 aromatic rings. The van der Waals surface area contributed by atoms with Crippen molar-refractivity contribution in [2.24, 2.45) is 0 Å². The Labute approximate surface area is 149 Å². The molecule has 3 heteroatoms. The number of hydrogen-bond acceptors (Lipinski definition) is 3. The zero-order valence-electron chi connectivity index (χ0n) is 15.2. The molecule has 0 aliphatic heterocycles. The van der Waals surface area contributed by atoms with E-state index in [-0.39, 0.29) is 17.5 Å². The zero-order valence-corrected chi connectivity index (χ0v) is 15.2. The van der Waals surface area contributed by atoms with Crippen LogP contribution in [0.15, 0.2) is 42.5 Å². The third-order valence-electron chi connectivity index (χ3n) is 4.77. The van der Waals surface area contributed by atoms with Crippen molar-refractivity contribution in [3.8, 4) is 5.75 Å². The van der Waals surface area contributed by atoms with E-state index in [4.69, 9.17) is 0 Å². The van der Waals surface area contributed by atoms with Gasteiger partial charge < -0.3 is 10.4 Å². The lowest BCUT2D eigenvalue weighted by Gasteiger charge is -2.25. The molecule has 1 aliphatic rings. The average Bonchev–Trinajstić information content (AvgIpc) is 2.58. The molecule has 0 heterocycles. The Morgan fingerprint density at radius 3 is 2.40 bits per heavy atom. The maximum Gasteiger partial charge on any atom is 0.182 e. The minimum Gasteiger partial charge on any atom is -0.505 e. The number of anilines is 1. The Balaban J connectivity index is 2.05. The Kier molecular flexibility index (Phi) is 4.67. The van der Waals surface area contributed by atoms with Crippen LogP contribution >= 0.6 is 0 Å². The van der Waals surface area contributed by atoms with Gasteiger partial charge in [-0.1, -0.05) is 64.1 Å². The first-order valence-electron chi connectivity index (χ1n) is 8.82. The highest BCUT2D eigenvalue weighted by molar-refractivity contribution is 6.03. The van der Waals surface area contributed by atoms with Crippen molar-refractivity contribution >= 4 is 17.5 Å². The third-order valence-corrected chi connectivity index (χ3v) is 4.77. The van der Waals surface area contributed by atoms with Gasteiger partial charge in [0, 0.05) is 0 Å². The first-order valence-corrected chi connectivity index (χ1v) is 8.82. The quantitative estimate of drug-likeness (QED) is 0.737. The van der Waals surface area contributed by atoms with Gasteiger partial charge in [-0.2, -0.15) is 0 Å². The topological polar surface area (TPSA) is 49.3 Å². The van der Waals surface area contributed by atoms with E-state index < -0.39 is 6.04 Å². The molecule has 130 valence electrons. The summed E-state index contributed by atoms with van der Waals surface area (Å²) >= 11 is 0. The molecular formula is C22H25NO2. The number of phenols is 1. The molecule has 1 aliphatic carbocycles. The van der Waals surface area contributed by atoms with Gasteiger partial charge in [-0.3, -0.25) is 4.79 Å². The van der Waals surface area contributed by atoms with Gasteiger partial charge in [0.05, 0.1) is 5.69 Å². The number of nitrogens with one attached hydrogen (secondary N) is 1. The minimum atomic E-state index is -0.477. The molecular weight excluding hydrogens is 310 g/mol. The monoisotopic (exact) mass is 335 g/mol. The van der Waals surface area contributed by atoms with Crippen molar-refractivity contribution in [3.63, 3.8) is 0 Å². The van der Waals surface area contributed by atoms with E-state index in [1.807, 2.05) is 36.4 Å². The van der Waals surface area contributed by atoms with Gasteiger partial charge in [0.2, 0.25) is 0 Å². The smallest absolute Gasteiger partial charge is 0.182 e. The van der Waals surface area contributed by atoms with E-state index >= 15 is 0 Å². The predicted octanol–water partition coefficient (Wildman–Crippen LogP) is 5.39. The molecule has 0 saturated heterocycles. The highest BCUT2D eigenvalue weighted by Gasteiger charge is 2.25. The Bertz CT molecular complexity index is 834. The van der Waals surface area contributed by atoms with E-state index in [2.05, 4.69) is 39.1 Å². The SMILES string of the molecule is CC(C)c1cc(NC2C(=O)C=Cc3ccccc32)c(O)c(C(C)C)c1. The fourth-order valence-electron chi connectivity index (χ4n) is 3.21. The molecule has 0 fully saturated rings. The highest BCUT2D eigenvalue weighted by Crippen LogP contribution is 2.39. The molecule has 1 unspecified atom stereocenters. The van der Waals surface area contributed by atoms with Crippen LogP contribution in [-0.4, -0.2) is 10.9 Å². The maximum atomic E-state index is 12.5. The van der Waals surface area contributed by atoms with Crippen molar-refractivity contribution in [2.75, 3.05) is 5.32 Å². The van der Waals surface area contributed by atoms with Gasteiger partial charge in [0.15, 0.2) is 5.78 Å². The molecule has 0 saturated carbocycles. The molecule has 3 rings (SSSR count). The van der Waals surface area contributed by atoms with Gasteiger partial charge in [0.1, 0.15) is 11.8 Å². The summed E-state index contributed by atoms with van der Waals surface area (Å²) in [4.78, 5) is 12.5.